The summed E-state index contributed by atoms with van der Waals surface area (Å²) in [4.78, 5) is 38.1. The van der Waals surface area contributed by atoms with E-state index in [1.807, 2.05) is 13.8 Å². The summed E-state index contributed by atoms with van der Waals surface area (Å²) in [6.07, 6.45) is -18.2. The number of rotatable bonds is 10. The number of methoxy groups -OCH3 is 1. The molecule has 0 radical (unpaired) electrons. The molecule has 6 N–H and O–H groups in total. The molecule has 290 valence electrons. The van der Waals surface area contributed by atoms with Gasteiger partial charge >= 0.3 is 11.9 Å². The topological polar surface area (TPSA) is 246 Å². The molecule has 3 aliphatic heterocycles. The minimum Gasteiger partial charge on any atom is -0.507 e. The number of allylic oxidation sites excluding steroid dienone is 2. The maximum absolute atomic E-state index is 14.4. The third-order valence-electron chi connectivity index (χ3n) is 8.96. The van der Waals surface area contributed by atoms with Crippen LogP contribution in [0.25, 0.3) is 0 Å². The van der Waals surface area contributed by atoms with Crippen LogP contribution in [0.4, 0.5) is 0 Å². The Hall–Kier alpha value is -4.33. The minimum atomic E-state index is -1.95. The van der Waals surface area contributed by atoms with Crippen molar-refractivity contribution in [3.05, 3.63) is 58.7 Å². The first-order valence-corrected chi connectivity index (χ1v) is 16.8. The zero-order valence-corrected chi connectivity index (χ0v) is 29.8. The van der Waals surface area contributed by atoms with Gasteiger partial charge in [0.1, 0.15) is 59.1 Å². The molecule has 3 aliphatic rings. The largest absolute Gasteiger partial charge is 0.507 e. The number of carbonyl (C=O) groups is 3. The van der Waals surface area contributed by atoms with Crippen molar-refractivity contribution in [1.82, 2.24) is 0 Å². The van der Waals surface area contributed by atoms with Crippen LogP contribution in [0.2, 0.25) is 0 Å². The van der Waals surface area contributed by atoms with Crippen LogP contribution in [0.15, 0.2) is 42.0 Å². The van der Waals surface area contributed by atoms with E-state index in [-0.39, 0.29) is 29.0 Å². The van der Waals surface area contributed by atoms with E-state index in [4.69, 9.17) is 37.9 Å². The van der Waals surface area contributed by atoms with Crippen molar-refractivity contribution in [2.75, 3.05) is 7.11 Å². The van der Waals surface area contributed by atoms with Gasteiger partial charge in [0.15, 0.2) is 30.9 Å². The van der Waals surface area contributed by atoms with Gasteiger partial charge in [0.2, 0.25) is 12.1 Å². The molecule has 2 aromatic carbocycles. The fourth-order valence-electron chi connectivity index (χ4n) is 6.28. The molecular formula is C36H44O17. The summed E-state index contributed by atoms with van der Waals surface area (Å²) in [6, 6.07) is 7.48. The van der Waals surface area contributed by atoms with E-state index in [9.17, 15) is 45.0 Å². The number of carbonyl (C=O) groups excluding carboxylic acids is 3. The van der Waals surface area contributed by atoms with Crippen molar-refractivity contribution in [3.8, 4) is 23.0 Å². The van der Waals surface area contributed by atoms with Crippen molar-refractivity contribution < 1.29 is 82.9 Å². The SMILES string of the molecule is COc1ccc([C@@H]2Oc3c(CC=C(C)C)c(O)cc(O)c3C(=O)[C@@H]2O[C@@H]2O[C@H](C)[C@H](OC(C)=O)[C@@H](O[C@H]3O[C@H](OC(C)=O)[C@H](O)[C@H](O)[C@H]3O)[C@H]2O)cc1. The predicted octanol–water partition coefficient (Wildman–Crippen LogP) is 1.07. The number of aromatic hydroxyl groups is 2. The average Bonchev–Trinajstić information content (AvgIpc) is 3.09. The lowest BCUT2D eigenvalue weighted by atomic mass is 9.89. The van der Waals surface area contributed by atoms with Crippen molar-refractivity contribution in [2.24, 2.45) is 0 Å². The first-order chi connectivity index (χ1) is 25.0. The summed E-state index contributed by atoms with van der Waals surface area (Å²) in [5, 5.41) is 65.0. The van der Waals surface area contributed by atoms with Gasteiger partial charge in [-0.25, -0.2) is 0 Å². The van der Waals surface area contributed by atoms with Gasteiger partial charge in [-0.05, 0) is 44.9 Å². The number of fused-ring (bicyclic) bond motifs is 1. The van der Waals surface area contributed by atoms with Crippen LogP contribution in [0.3, 0.4) is 0 Å². The Morgan fingerprint density at radius 3 is 2.02 bits per heavy atom. The Morgan fingerprint density at radius 1 is 0.792 bits per heavy atom. The molecule has 0 aliphatic carbocycles. The molecule has 17 heteroatoms. The minimum absolute atomic E-state index is 0.0770. The third kappa shape index (κ3) is 8.42. The first kappa shape index (κ1) is 39.9. The van der Waals surface area contributed by atoms with E-state index in [2.05, 4.69) is 0 Å². The van der Waals surface area contributed by atoms with Crippen LogP contribution < -0.4 is 9.47 Å². The molecule has 53 heavy (non-hydrogen) atoms. The van der Waals surface area contributed by atoms with E-state index in [0.29, 0.717) is 11.3 Å². The standard InChI is InChI=1S/C36H44O17/c1-14(2)7-12-20-21(39)13-22(40)23-24(41)32(30(50-31(20)23)18-8-10-19(46-6)11-9-18)51-36-28(45)33(29(15(3)47-36)48-16(4)37)52-35-27(44)25(42)26(43)34(53-35)49-17(5)38/h7-11,13,15,25-30,32-36,39-40,42-45H,12H2,1-6H3/t15-,25+,26-,27-,28-,29+,30+,32+,33+,34+,35+,36+/m1/s1. The number of benzene rings is 2. The Kier molecular flexibility index (Phi) is 12.3. The summed E-state index contributed by atoms with van der Waals surface area (Å²) >= 11 is 0. The molecule has 2 fully saturated rings. The van der Waals surface area contributed by atoms with Crippen LogP contribution in [-0.4, -0.2) is 123 Å². The highest BCUT2D eigenvalue weighted by atomic mass is 16.8. The number of esters is 2. The van der Waals surface area contributed by atoms with E-state index >= 15 is 0 Å². The second kappa shape index (κ2) is 16.4. The zero-order valence-electron chi connectivity index (χ0n) is 29.8. The molecule has 2 saturated heterocycles. The number of Topliss-reactive ketones (excluding diaryl/α,β-unsaturated/α-hetero) is 1. The Morgan fingerprint density at radius 2 is 1.42 bits per heavy atom. The lowest BCUT2D eigenvalue weighted by Crippen LogP contribution is -2.65. The Labute approximate surface area is 304 Å². The molecule has 2 aromatic rings. The maximum atomic E-state index is 14.4. The van der Waals surface area contributed by atoms with Gasteiger partial charge < -0.3 is 68.5 Å². The van der Waals surface area contributed by atoms with E-state index in [1.165, 1.54) is 14.0 Å². The zero-order chi connectivity index (χ0) is 38.9. The second-order valence-electron chi connectivity index (χ2n) is 13.1. The van der Waals surface area contributed by atoms with E-state index in [1.54, 1.807) is 30.3 Å². The number of aliphatic hydroxyl groups excluding tert-OH is 4. The molecule has 0 amide bonds. The lowest BCUT2D eigenvalue weighted by molar-refractivity contribution is -0.379. The predicted molar refractivity (Wildman–Crippen MR) is 178 cm³/mol. The van der Waals surface area contributed by atoms with Gasteiger partial charge in [0, 0.05) is 25.5 Å². The van der Waals surface area contributed by atoms with Crippen molar-refractivity contribution >= 4 is 17.7 Å². The van der Waals surface area contributed by atoms with Crippen LogP contribution >= 0.6 is 0 Å². The Balaban J connectivity index is 1.52. The normalized spacial score (nSPS) is 32.5. The number of phenols is 2. The highest BCUT2D eigenvalue weighted by Gasteiger charge is 2.54. The average molecular weight is 749 g/mol. The highest BCUT2D eigenvalue weighted by Crippen LogP contribution is 2.47. The summed E-state index contributed by atoms with van der Waals surface area (Å²) in [6.45, 7) is 7.26. The number of phenolic OH excluding ortho intramolecular Hbond substituents is 2. The van der Waals surface area contributed by atoms with Crippen LogP contribution in [-0.2, 0) is 44.4 Å². The summed E-state index contributed by atoms with van der Waals surface area (Å²) in [7, 11) is 1.47. The highest BCUT2D eigenvalue weighted by molar-refractivity contribution is 6.06. The number of hydrogen-bond acceptors (Lipinski definition) is 17. The number of aliphatic hydroxyl groups is 4. The number of hydrogen-bond donors (Lipinski definition) is 6. The number of ketones is 1. The summed E-state index contributed by atoms with van der Waals surface area (Å²) in [5.74, 6) is -2.97. The summed E-state index contributed by atoms with van der Waals surface area (Å²) < 4.78 is 45.4. The van der Waals surface area contributed by atoms with Crippen LogP contribution in [0.1, 0.15) is 62.2 Å². The molecular weight excluding hydrogens is 704 g/mol. The molecule has 12 atom stereocenters. The van der Waals surface area contributed by atoms with E-state index < -0.39 is 97.3 Å². The molecule has 3 heterocycles. The van der Waals surface area contributed by atoms with Gasteiger partial charge in [-0.2, -0.15) is 0 Å². The van der Waals surface area contributed by atoms with Gasteiger partial charge in [-0.15, -0.1) is 0 Å². The molecule has 0 saturated carbocycles. The van der Waals surface area contributed by atoms with Crippen LogP contribution in [0, 0.1) is 0 Å². The van der Waals surface area contributed by atoms with Crippen molar-refractivity contribution in [3.63, 3.8) is 0 Å². The number of ether oxygens (including phenoxy) is 8. The monoisotopic (exact) mass is 748 g/mol. The van der Waals surface area contributed by atoms with Crippen molar-refractivity contribution in [1.29, 1.82) is 0 Å². The fourth-order valence-corrected chi connectivity index (χ4v) is 6.28. The van der Waals surface area contributed by atoms with Gasteiger partial charge in [-0.1, -0.05) is 23.8 Å². The molecule has 5 rings (SSSR count). The lowest BCUT2D eigenvalue weighted by Gasteiger charge is -2.47. The smallest absolute Gasteiger partial charge is 0.305 e. The first-order valence-electron chi connectivity index (χ1n) is 16.8. The molecule has 0 spiro atoms. The van der Waals surface area contributed by atoms with Gasteiger partial charge in [0.25, 0.3) is 0 Å². The third-order valence-corrected chi connectivity index (χ3v) is 8.96. The van der Waals surface area contributed by atoms with E-state index in [0.717, 1.165) is 25.5 Å². The molecule has 0 unspecified atom stereocenters. The molecule has 0 bridgehead atoms. The van der Waals surface area contributed by atoms with Gasteiger partial charge in [0.05, 0.1) is 13.2 Å². The molecule has 17 nitrogen and oxygen atoms in total. The van der Waals surface area contributed by atoms with Crippen molar-refractivity contribution in [2.45, 2.75) is 115 Å². The van der Waals surface area contributed by atoms with Crippen LogP contribution in [0.5, 0.6) is 23.0 Å². The quantitative estimate of drug-likeness (QED) is 0.147. The Bertz CT molecular complexity index is 1690. The van der Waals surface area contributed by atoms with Gasteiger partial charge in [-0.3, -0.25) is 14.4 Å². The summed E-state index contributed by atoms with van der Waals surface area (Å²) in [5.41, 5.74) is 1.26. The fraction of sp³-hybridized carbons (Fsp3) is 0.528. The molecule has 0 aromatic heterocycles. The second-order valence-corrected chi connectivity index (χ2v) is 13.1. The maximum Gasteiger partial charge on any atom is 0.305 e.